The molecule has 2 atom stereocenters. The highest BCUT2D eigenvalue weighted by atomic mass is 19.4. The van der Waals surface area contributed by atoms with Crippen molar-refractivity contribution in [1.82, 2.24) is 10.3 Å². The van der Waals surface area contributed by atoms with E-state index in [4.69, 9.17) is 4.74 Å². The number of amides is 1. The van der Waals surface area contributed by atoms with Crippen molar-refractivity contribution < 1.29 is 32.3 Å². The fourth-order valence-electron chi connectivity index (χ4n) is 3.99. The summed E-state index contributed by atoms with van der Waals surface area (Å²) >= 11 is 0. The summed E-state index contributed by atoms with van der Waals surface area (Å²) in [7, 11) is 1.51. The highest BCUT2D eigenvalue weighted by molar-refractivity contribution is 6.28. The highest BCUT2D eigenvalue weighted by Crippen LogP contribution is 2.49. The number of halogens is 3. The first-order chi connectivity index (χ1) is 13.6. The van der Waals surface area contributed by atoms with Gasteiger partial charge in [0.15, 0.2) is 11.6 Å². The van der Waals surface area contributed by atoms with Gasteiger partial charge in [-0.05, 0) is 38.3 Å². The number of nitrogens with zero attached hydrogens (tertiary/aromatic N) is 1. The van der Waals surface area contributed by atoms with Crippen LogP contribution in [0.5, 0.6) is 0 Å². The quantitative estimate of drug-likeness (QED) is 0.443. The fraction of sp³-hybridized carbons (Fsp3) is 0.500. The molecular formula is C20H21F3N2O4. The maximum Gasteiger partial charge on any atom is 0.433 e. The van der Waals surface area contributed by atoms with Gasteiger partial charge in [0.05, 0.1) is 17.6 Å². The van der Waals surface area contributed by atoms with Gasteiger partial charge in [0, 0.05) is 30.8 Å². The lowest BCUT2D eigenvalue weighted by Crippen LogP contribution is -2.42. The number of ether oxygens (including phenoxy) is 1. The first-order valence-electron chi connectivity index (χ1n) is 9.23. The number of carbonyl (C=O) groups is 3. The average Bonchev–Trinajstić information content (AvgIpc) is 3.04. The van der Waals surface area contributed by atoms with Crippen LogP contribution in [0.25, 0.3) is 0 Å². The Morgan fingerprint density at radius 2 is 2.07 bits per heavy atom. The van der Waals surface area contributed by atoms with Crippen molar-refractivity contribution in [3.05, 3.63) is 40.7 Å². The molecule has 1 N–H and O–H groups in total. The number of Topliss-reactive ketones (excluding diaryl/α,β-unsaturated/α-hetero) is 2. The number of carbonyl (C=O) groups excluding carboxylic acids is 3. The van der Waals surface area contributed by atoms with Crippen LogP contribution in [0.1, 0.15) is 41.0 Å². The molecule has 156 valence electrons. The molecule has 3 rings (SSSR count). The van der Waals surface area contributed by atoms with E-state index in [9.17, 15) is 27.6 Å². The number of ketones is 2. The lowest BCUT2D eigenvalue weighted by Gasteiger charge is -2.29. The average molecular weight is 410 g/mol. The van der Waals surface area contributed by atoms with Crippen molar-refractivity contribution in [1.29, 1.82) is 0 Å². The Labute approximate surface area is 165 Å². The van der Waals surface area contributed by atoms with Crippen LogP contribution in [0.4, 0.5) is 13.2 Å². The minimum absolute atomic E-state index is 0.0751. The van der Waals surface area contributed by atoms with E-state index in [1.54, 1.807) is 0 Å². The third kappa shape index (κ3) is 3.96. The second kappa shape index (κ2) is 7.70. The summed E-state index contributed by atoms with van der Waals surface area (Å²) in [5.41, 5.74) is -2.41. The molecule has 2 unspecified atom stereocenters. The number of pyridine rings is 1. The summed E-state index contributed by atoms with van der Waals surface area (Å²) in [6.07, 6.45) is -1.99. The predicted octanol–water partition coefficient (Wildman–Crippen LogP) is 2.65. The number of aromatic nitrogens is 1. The maximum absolute atomic E-state index is 13.0. The van der Waals surface area contributed by atoms with Crippen LogP contribution in [0.2, 0.25) is 0 Å². The zero-order valence-electron chi connectivity index (χ0n) is 16.1. The Balaban J connectivity index is 1.93. The first kappa shape index (κ1) is 21.2. The summed E-state index contributed by atoms with van der Waals surface area (Å²) in [4.78, 5) is 41.9. The molecule has 0 spiro atoms. The second-order valence-electron chi connectivity index (χ2n) is 7.42. The van der Waals surface area contributed by atoms with Crippen molar-refractivity contribution in [2.75, 3.05) is 20.3 Å². The zero-order valence-corrected chi connectivity index (χ0v) is 16.1. The van der Waals surface area contributed by atoms with Gasteiger partial charge in [-0.25, -0.2) is 4.98 Å². The molecule has 0 saturated heterocycles. The number of hydrogen-bond acceptors (Lipinski definition) is 5. The number of hydrogen-bond donors (Lipinski definition) is 1. The summed E-state index contributed by atoms with van der Waals surface area (Å²) < 4.78 is 43.4. The van der Waals surface area contributed by atoms with Crippen LogP contribution < -0.4 is 5.32 Å². The molecule has 29 heavy (non-hydrogen) atoms. The van der Waals surface area contributed by atoms with E-state index in [-0.39, 0.29) is 28.5 Å². The lowest BCUT2D eigenvalue weighted by molar-refractivity contribution is -0.141. The third-order valence-corrected chi connectivity index (χ3v) is 5.52. The van der Waals surface area contributed by atoms with Crippen molar-refractivity contribution in [3.8, 4) is 0 Å². The molecule has 1 aromatic heterocycles. The molecule has 9 heteroatoms. The number of methoxy groups -OCH3 is 1. The van der Waals surface area contributed by atoms with Gasteiger partial charge in [-0.15, -0.1) is 0 Å². The largest absolute Gasteiger partial charge is 0.433 e. The Morgan fingerprint density at radius 3 is 2.69 bits per heavy atom. The Morgan fingerprint density at radius 1 is 1.34 bits per heavy atom. The SMILES string of the molecule is COCCNC(=O)C12C=C(C(=O)c3ccc(C(F)(F)F)nc3C)C(=O)C(CC1)C2. The smallest absolute Gasteiger partial charge is 0.383 e. The van der Waals surface area contributed by atoms with E-state index in [0.29, 0.717) is 32.4 Å². The van der Waals surface area contributed by atoms with Crippen molar-refractivity contribution in [3.63, 3.8) is 0 Å². The molecule has 1 amide bonds. The molecule has 2 bridgehead atoms. The van der Waals surface area contributed by atoms with Crippen molar-refractivity contribution >= 4 is 17.5 Å². The lowest BCUT2D eigenvalue weighted by atomic mass is 9.75. The number of rotatable bonds is 6. The zero-order chi connectivity index (χ0) is 21.4. The summed E-state index contributed by atoms with van der Waals surface area (Å²) in [6.45, 7) is 1.92. The minimum atomic E-state index is -4.63. The molecular weight excluding hydrogens is 389 g/mol. The standard InChI is InChI=1S/C20H21F3N2O4/c1-11-13(3-4-15(25-11)20(21,22)23)17(27)14-10-19(18(28)24-7-8-29-2)6-5-12(9-19)16(14)26/h3-4,10,12H,5-9H2,1-2H3,(H,24,28). The fourth-order valence-corrected chi connectivity index (χ4v) is 3.99. The van der Waals surface area contributed by atoms with Gasteiger partial charge < -0.3 is 10.1 Å². The Bertz CT molecular complexity index is 894. The van der Waals surface area contributed by atoms with E-state index < -0.39 is 29.0 Å². The first-order valence-corrected chi connectivity index (χ1v) is 9.23. The maximum atomic E-state index is 13.0. The third-order valence-electron chi connectivity index (χ3n) is 5.52. The summed E-state index contributed by atoms with van der Waals surface area (Å²) in [5.74, 6) is -1.80. The molecule has 1 fully saturated rings. The van der Waals surface area contributed by atoms with Gasteiger partial charge in [0.1, 0.15) is 5.69 Å². The van der Waals surface area contributed by atoms with Crippen LogP contribution in [0.15, 0.2) is 23.8 Å². The number of alkyl halides is 3. The van der Waals surface area contributed by atoms with E-state index in [1.165, 1.54) is 20.1 Å². The van der Waals surface area contributed by atoms with Crippen LogP contribution in [0.3, 0.4) is 0 Å². The number of aryl methyl sites for hydroxylation is 1. The molecule has 0 radical (unpaired) electrons. The van der Waals surface area contributed by atoms with Gasteiger partial charge in [-0.2, -0.15) is 13.2 Å². The molecule has 0 aromatic carbocycles. The second-order valence-corrected chi connectivity index (χ2v) is 7.42. The molecule has 6 nitrogen and oxygen atoms in total. The van der Waals surface area contributed by atoms with Crippen molar-refractivity contribution in [2.45, 2.75) is 32.4 Å². The van der Waals surface area contributed by atoms with Crippen molar-refractivity contribution in [2.24, 2.45) is 11.3 Å². The molecule has 0 aliphatic heterocycles. The molecule has 2 aliphatic carbocycles. The van der Waals surface area contributed by atoms with Crippen LogP contribution in [-0.4, -0.2) is 42.7 Å². The molecule has 1 heterocycles. The van der Waals surface area contributed by atoms with Gasteiger partial charge >= 0.3 is 6.18 Å². The van der Waals surface area contributed by atoms with Crippen LogP contribution in [-0.2, 0) is 20.5 Å². The monoisotopic (exact) mass is 410 g/mol. The minimum Gasteiger partial charge on any atom is -0.383 e. The van der Waals surface area contributed by atoms with Gasteiger partial charge in [0.2, 0.25) is 5.91 Å². The number of allylic oxidation sites excluding steroid dienone is 1. The van der Waals surface area contributed by atoms with Crippen LogP contribution in [0, 0.1) is 18.3 Å². The van der Waals surface area contributed by atoms with Crippen LogP contribution >= 0.6 is 0 Å². The van der Waals surface area contributed by atoms with E-state index >= 15 is 0 Å². The van der Waals surface area contributed by atoms with E-state index in [1.807, 2.05) is 0 Å². The topological polar surface area (TPSA) is 85.4 Å². The number of fused-ring (bicyclic) bond motifs is 2. The molecule has 1 aromatic rings. The van der Waals surface area contributed by atoms with Gasteiger partial charge in [0.25, 0.3) is 0 Å². The predicted molar refractivity (Wildman–Crippen MR) is 96.1 cm³/mol. The Kier molecular flexibility index (Phi) is 5.62. The molecule has 2 aliphatic rings. The van der Waals surface area contributed by atoms with E-state index in [2.05, 4.69) is 10.3 Å². The number of nitrogens with one attached hydrogen (secondary N) is 1. The summed E-state index contributed by atoms with van der Waals surface area (Å²) in [5, 5.41) is 2.75. The van der Waals surface area contributed by atoms with Gasteiger partial charge in [-0.1, -0.05) is 6.08 Å². The normalized spacial score (nSPS) is 23.7. The Hall–Kier alpha value is -2.55. The van der Waals surface area contributed by atoms with Gasteiger partial charge in [-0.3, -0.25) is 14.4 Å². The highest BCUT2D eigenvalue weighted by Gasteiger charge is 2.51. The summed E-state index contributed by atoms with van der Waals surface area (Å²) in [6, 6.07) is 1.75. The van der Waals surface area contributed by atoms with E-state index in [0.717, 1.165) is 12.1 Å². The molecule has 1 saturated carbocycles.